The molecule has 0 unspecified atom stereocenters. The number of fused-ring (bicyclic) bond motifs is 1. The number of carbonyl (C=O) groups excluding carboxylic acids is 1. The van der Waals surface area contributed by atoms with E-state index in [9.17, 15) is 9.18 Å². The highest BCUT2D eigenvalue weighted by Crippen LogP contribution is 2.33. The van der Waals surface area contributed by atoms with E-state index in [1.54, 1.807) is 29.2 Å². The predicted molar refractivity (Wildman–Crippen MR) is 132 cm³/mol. The second kappa shape index (κ2) is 11.6. The van der Waals surface area contributed by atoms with Gasteiger partial charge in [0.05, 0.1) is 36.6 Å². The number of nitrogens with zero attached hydrogens (tertiary/aromatic N) is 3. The normalized spacial score (nSPS) is 14.3. The van der Waals surface area contributed by atoms with Crippen molar-refractivity contribution in [3.8, 4) is 11.5 Å². The molecule has 1 saturated heterocycles. The Morgan fingerprint density at radius 1 is 1.12 bits per heavy atom. The maximum Gasteiger partial charge on any atom is 0.260 e. The van der Waals surface area contributed by atoms with Crippen molar-refractivity contribution in [3.05, 3.63) is 47.8 Å². The van der Waals surface area contributed by atoms with Crippen molar-refractivity contribution in [1.29, 1.82) is 0 Å². The highest BCUT2D eigenvalue weighted by molar-refractivity contribution is 7.22. The van der Waals surface area contributed by atoms with Crippen LogP contribution in [0.2, 0.25) is 0 Å². The Balaban J connectivity index is 1.60. The molecule has 0 atom stereocenters. The maximum absolute atomic E-state index is 13.8. The molecule has 0 spiro atoms. The largest absolute Gasteiger partial charge is 0.490 e. The van der Waals surface area contributed by atoms with Crippen LogP contribution in [0.25, 0.3) is 10.2 Å². The van der Waals surface area contributed by atoms with Gasteiger partial charge in [-0.15, -0.1) is 0 Å². The summed E-state index contributed by atoms with van der Waals surface area (Å²) in [5.41, 5.74) is 1.16. The lowest BCUT2D eigenvalue weighted by atomic mass is 10.1. The highest BCUT2D eigenvalue weighted by atomic mass is 32.1. The molecule has 1 aliphatic rings. The molecule has 2 aromatic carbocycles. The zero-order valence-electron chi connectivity index (χ0n) is 19.6. The highest BCUT2D eigenvalue weighted by Gasteiger charge is 2.23. The molecule has 1 amide bonds. The summed E-state index contributed by atoms with van der Waals surface area (Å²) in [5, 5.41) is 0.555. The van der Waals surface area contributed by atoms with Crippen molar-refractivity contribution >= 4 is 32.6 Å². The maximum atomic E-state index is 13.8. The Kier molecular flexibility index (Phi) is 8.31. The van der Waals surface area contributed by atoms with Gasteiger partial charge in [-0.1, -0.05) is 11.3 Å². The molecule has 1 aromatic heterocycles. The first-order chi connectivity index (χ1) is 16.6. The number of rotatable bonds is 10. The minimum Gasteiger partial charge on any atom is -0.490 e. The Bertz CT molecular complexity index is 1120. The lowest BCUT2D eigenvalue weighted by Crippen LogP contribution is -2.39. The summed E-state index contributed by atoms with van der Waals surface area (Å²) < 4.78 is 31.3. The van der Waals surface area contributed by atoms with Crippen LogP contribution in [0.15, 0.2) is 36.4 Å². The van der Waals surface area contributed by atoms with Gasteiger partial charge in [-0.3, -0.25) is 14.6 Å². The third-order valence-corrected chi connectivity index (χ3v) is 6.61. The standard InChI is InChI=1S/C25H30FN3O4S/c1-3-32-21-9-6-18(16-22(21)33-4-2)24(30)29(11-5-10-28-12-14-31-15-13-28)25-27-20-8-7-19(26)17-23(20)34-25/h6-9,16-17H,3-5,10-15H2,1-2H3. The fraction of sp³-hybridized carbons (Fsp3) is 0.440. The molecule has 7 nitrogen and oxygen atoms in total. The van der Waals surface area contributed by atoms with Gasteiger partial charge in [0, 0.05) is 31.7 Å². The topological polar surface area (TPSA) is 64.1 Å². The number of anilines is 1. The van der Waals surface area contributed by atoms with Crippen LogP contribution in [0.1, 0.15) is 30.6 Å². The van der Waals surface area contributed by atoms with Crippen LogP contribution in [0.4, 0.5) is 9.52 Å². The number of morpholine rings is 1. The first-order valence-electron chi connectivity index (χ1n) is 11.7. The molecular formula is C25H30FN3O4S. The van der Waals surface area contributed by atoms with E-state index < -0.39 is 0 Å². The Morgan fingerprint density at radius 2 is 1.88 bits per heavy atom. The van der Waals surface area contributed by atoms with Crippen molar-refractivity contribution < 1.29 is 23.4 Å². The minimum absolute atomic E-state index is 0.175. The lowest BCUT2D eigenvalue weighted by molar-refractivity contribution is 0.0376. The van der Waals surface area contributed by atoms with E-state index in [1.807, 2.05) is 13.8 Å². The molecule has 3 aromatic rings. The number of thiazole rings is 1. The first-order valence-corrected chi connectivity index (χ1v) is 12.5. The molecule has 1 fully saturated rings. The molecule has 0 saturated carbocycles. The molecular weight excluding hydrogens is 457 g/mol. The van der Waals surface area contributed by atoms with Gasteiger partial charge >= 0.3 is 0 Å². The van der Waals surface area contributed by atoms with E-state index in [0.717, 1.165) is 39.3 Å². The zero-order valence-corrected chi connectivity index (χ0v) is 20.4. The average molecular weight is 488 g/mol. The van der Waals surface area contributed by atoms with E-state index in [-0.39, 0.29) is 11.7 Å². The van der Waals surface area contributed by atoms with Gasteiger partial charge < -0.3 is 14.2 Å². The van der Waals surface area contributed by atoms with E-state index in [4.69, 9.17) is 14.2 Å². The van der Waals surface area contributed by atoms with Crippen LogP contribution < -0.4 is 14.4 Å². The smallest absolute Gasteiger partial charge is 0.260 e. The number of halogens is 1. The fourth-order valence-electron chi connectivity index (χ4n) is 3.90. The quantitative estimate of drug-likeness (QED) is 0.416. The molecule has 34 heavy (non-hydrogen) atoms. The Labute approximate surface area is 203 Å². The second-order valence-electron chi connectivity index (χ2n) is 7.90. The van der Waals surface area contributed by atoms with Gasteiger partial charge in [-0.25, -0.2) is 9.37 Å². The van der Waals surface area contributed by atoms with Crippen LogP contribution in [0, 0.1) is 5.82 Å². The average Bonchev–Trinajstić information content (AvgIpc) is 3.26. The van der Waals surface area contributed by atoms with Crippen molar-refractivity contribution in [1.82, 2.24) is 9.88 Å². The third kappa shape index (κ3) is 5.84. The van der Waals surface area contributed by atoms with Gasteiger partial charge in [0.15, 0.2) is 16.6 Å². The summed E-state index contributed by atoms with van der Waals surface area (Å²) in [6.45, 7) is 9.37. The molecule has 0 radical (unpaired) electrons. The molecule has 1 aliphatic heterocycles. The molecule has 182 valence electrons. The number of carbonyl (C=O) groups is 1. The van der Waals surface area contributed by atoms with Crippen molar-refractivity contribution in [2.75, 3.05) is 57.5 Å². The SMILES string of the molecule is CCOc1ccc(C(=O)N(CCCN2CCOCC2)c2nc3ccc(F)cc3s2)cc1OCC. The number of benzene rings is 2. The van der Waals surface area contributed by atoms with Gasteiger partial charge in [0.25, 0.3) is 5.91 Å². The summed E-state index contributed by atoms with van der Waals surface area (Å²) >= 11 is 1.32. The lowest BCUT2D eigenvalue weighted by Gasteiger charge is -2.27. The Morgan fingerprint density at radius 3 is 2.65 bits per heavy atom. The van der Waals surface area contributed by atoms with Crippen LogP contribution >= 0.6 is 11.3 Å². The number of hydrogen-bond acceptors (Lipinski definition) is 7. The van der Waals surface area contributed by atoms with Gasteiger partial charge in [-0.05, 0) is 56.7 Å². The van der Waals surface area contributed by atoms with Crippen LogP contribution in [-0.4, -0.2) is 68.4 Å². The second-order valence-corrected chi connectivity index (χ2v) is 8.91. The summed E-state index contributed by atoms with van der Waals surface area (Å²) in [6.07, 6.45) is 0.783. The van der Waals surface area contributed by atoms with E-state index in [0.29, 0.717) is 52.2 Å². The molecule has 9 heteroatoms. The number of amides is 1. The fourth-order valence-corrected chi connectivity index (χ4v) is 4.92. The minimum atomic E-state index is -0.319. The molecule has 0 aliphatic carbocycles. The zero-order chi connectivity index (χ0) is 23.9. The van der Waals surface area contributed by atoms with Crippen molar-refractivity contribution in [3.63, 3.8) is 0 Å². The van der Waals surface area contributed by atoms with Gasteiger partial charge in [-0.2, -0.15) is 0 Å². The summed E-state index contributed by atoms with van der Waals surface area (Å²) in [5.74, 6) is 0.649. The third-order valence-electron chi connectivity index (χ3n) is 5.57. The summed E-state index contributed by atoms with van der Waals surface area (Å²) in [7, 11) is 0. The predicted octanol–water partition coefficient (Wildman–Crippen LogP) is 4.60. The van der Waals surface area contributed by atoms with Crippen molar-refractivity contribution in [2.24, 2.45) is 0 Å². The molecule has 0 bridgehead atoms. The summed E-state index contributed by atoms with van der Waals surface area (Å²) in [6, 6.07) is 9.72. The van der Waals surface area contributed by atoms with Crippen LogP contribution in [0.5, 0.6) is 11.5 Å². The van der Waals surface area contributed by atoms with Crippen molar-refractivity contribution in [2.45, 2.75) is 20.3 Å². The number of hydrogen-bond donors (Lipinski definition) is 0. The van der Waals surface area contributed by atoms with E-state index in [1.165, 1.54) is 23.5 Å². The molecule has 2 heterocycles. The monoisotopic (exact) mass is 487 g/mol. The molecule has 0 N–H and O–H groups in total. The Hall–Kier alpha value is -2.75. The number of ether oxygens (including phenoxy) is 3. The van der Waals surface area contributed by atoms with Gasteiger partial charge in [0.2, 0.25) is 0 Å². The van der Waals surface area contributed by atoms with Gasteiger partial charge in [0.1, 0.15) is 5.82 Å². The van der Waals surface area contributed by atoms with E-state index in [2.05, 4.69) is 9.88 Å². The van der Waals surface area contributed by atoms with Crippen LogP contribution in [-0.2, 0) is 4.74 Å². The first kappa shape index (κ1) is 24.4. The van der Waals surface area contributed by atoms with Crippen LogP contribution in [0.3, 0.4) is 0 Å². The molecule has 4 rings (SSSR count). The van der Waals surface area contributed by atoms with E-state index >= 15 is 0 Å². The number of aromatic nitrogens is 1. The summed E-state index contributed by atoms with van der Waals surface area (Å²) in [4.78, 5) is 22.4.